The summed E-state index contributed by atoms with van der Waals surface area (Å²) in [6, 6.07) is 16.0. The number of halogens is 1. The zero-order chi connectivity index (χ0) is 17.9. The van der Waals surface area contributed by atoms with E-state index in [0.717, 1.165) is 55.5 Å². The van der Waals surface area contributed by atoms with Crippen molar-refractivity contribution >= 4 is 11.6 Å². The first kappa shape index (κ1) is 19.8. The molecule has 2 rings (SSSR count). The van der Waals surface area contributed by atoms with Crippen molar-refractivity contribution in [2.24, 2.45) is 0 Å². The lowest BCUT2D eigenvalue weighted by atomic mass is 10.2. The van der Waals surface area contributed by atoms with E-state index in [0.29, 0.717) is 6.61 Å². The predicted octanol–water partition coefficient (Wildman–Crippen LogP) is 4.74. The van der Waals surface area contributed by atoms with Crippen LogP contribution in [0.4, 0.5) is 0 Å². The van der Waals surface area contributed by atoms with Gasteiger partial charge in [0.15, 0.2) is 0 Å². The van der Waals surface area contributed by atoms with Crippen LogP contribution in [-0.2, 0) is 13.2 Å². The molecule has 0 aromatic heterocycles. The fourth-order valence-corrected chi connectivity index (χ4v) is 2.94. The SMILES string of the molecule is CCN(CC)CCCNCc1ccccc1OCc1ccccc1Cl. The molecular weight excluding hydrogens is 332 g/mol. The Balaban J connectivity index is 1.81. The second kappa shape index (κ2) is 11.1. The molecule has 0 aliphatic rings. The second-order valence-electron chi connectivity index (χ2n) is 6.05. The van der Waals surface area contributed by atoms with Gasteiger partial charge in [-0.25, -0.2) is 0 Å². The number of hydrogen-bond donors (Lipinski definition) is 1. The van der Waals surface area contributed by atoms with Crippen LogP contribution in [0.25, 0.3) is 0 Å². The van der Waals surface area contributed by atoms with Crippen LogP contribution in [0.3, 0.4) is 0 Å². The van der Waals surface area contributed by atoms with Gasteiger partial charge in [-0.2, -0.15) is 0 Å². The number of nitrogens with one attached hydrogen (secondary N) is 1. The topological polar surface area (TPSA) is 24.5 Å². The van der Waals surface area contributed by atoms with Gasteiger partial charge in [0.2, 0.25) is 0 Å². The lowest BCUT2D eigenvalue weighted by Crippen LogP contribution is -2.27. The summed E-state index contributed by atoms with van der Waals surface area (Å²) in [6.07, 6.45) is 1.16. The molecule has 0 atom stereocenters. The first-order chi connectivity index (χ1) is 12.2. The molecule has 0 unspecified atom stereocenters. The van der Waals surface area contributed by atoms with Crippen molar-refractivity contribution in [1.29, 1.82) is 0 Å². The second-order valence-corrected chi connectivity index (χ2v) is 6.45. The Morgan fingerprint density at radius 3 is 2.36 bits per heavy atom. The van der Waals surface area contributed by atoms with Crippen LogP contribution in [-0.4, -0.2) is 31.1 Å². The van der Waals surface area contributed by atoms with Gasteiger partial charge in [-0.15, -0.1) is 0 Å². The fraction of sp³-hybridized carbons (Fsp3) is 0.429. The maximum atomic E-state index is 6.20. The summed E-state index contributed by atoms with van der Waals surface area (Å²) < 4.78 is 6.00. The molecule has 2 aromatic carbocycles. The van der Waals surface area contributed by atoms with Crippen molar-refractivity contribution < 1.29 is 4.74 Å². The zero-order valence-corrected chi connectivity index (χ0v) is 16.1. The van der Waals surface area contributed by atoms with Crippen LogP contribution in [0.1, 0.15) is 31.4 Å². The minimum Gasteiger partial charge on any atom is -0.489 e. The standard InChI is InChI=1S/C21H29ClN2O/c1-3-24(4-2)15-9-14-23-16-18-10-6-8-13-21(18)25-17-19-11-5-7-12-20(19)22/h5-8,10-13,23H,3-4,9,14-17H2,1-2H3. The molecule has 0 fully saturated rings. The molecule has 0 amide bonds. The average molecular weight is 361 g/mol. The maximum Gasteiger partial charge on any atom is 0.124 e. The number of hydrogen-bond acceptors (Lipinski definition) is 3. The Labute approximate surface area is 156 Å². The molecule has 0 saturated heterocycles. The van der Waals surface area contributed by atoms with Gasteiger partial charge in [0.1, 0.15) is 12.4 Å². The molecule has 0 bridgehead atoms. The lowest BCUT2D eigenvalue weighted by Gasteiger charge is -2.18. The lowest BCUT2D eigenvalue weighted by molar-refractivity contribution is 0.295. The van der Waals surface area contributed by atoms with Crippen molar-refractivity contribution in [1.82, 2.24) is 10.2 Å². The number of rotatable bonds is 11. The predicted molar refractivity (Wildman–Crippen MR) is 106 cm³/mol. The largest absolute Gasteiger partial charge is 0.489 e. The van der Waals surface area contributed by atoms with Crippen molar-refractivity contribution in [3.8, 4) is 5.75 Å². The molecule has 3 nitrogen and oxygen atoms in total. The fourth-order valence-electron chi connectivity index (χ4n) is 2.75. The quantitative estimate of drug-likeness (QED) is 0.586. The Kier molecular flexibility index (Phi) is 8.81. The van der Waals surface area contributed by atoms with Crippen LogP contribution in [0.5, 0.6) is 5.75 Å². The molecule has 2 aromatic rings. The maximum absolute atomic E-state index is 6.20. The summed E-state index contributed by atoms with van der Waals surface area (Å²) >= 11 is 6.20. The van der Waals surface area contributed by atoms with E-state index in [1.165, 1.54) is 5.56 Å². The van der Waals surface area contributed by atoms with E-state index in [1.807, 2.05) is 36.4 Å². The number of ether oxygens (including phenoxy) is 1. The molecule has 0 aliphatic heterocycles. The van der Waals surface area contributed by atoms with Crippen molar-refractivity contribution in [3.63, 3.8) is 0 Å². The minimum absolute atomic E-state index is 0.485. The molecule has 25 heavy (non-hydrogen) atoms. The molecule has 0 heterocycles. The Morgan fingerprint density at radius 2 is 1.64 bits per heavy atom. The van der Waals surface area contributed by atoms with Gasteiger partial charge in [0, 0.05) is 22.7 Å². The average Bonchev–Trinajstić information content (AvgIpc) is 2.65. The first-order valence-corrected chi connectivity index (χ1v) is 9.49. The van der Waals surface area contributed by atoms with E-state index in [9.17, 15) is 0 Å². The van der Waals surface area contributed by atoms with Crippen molar-refractivity contribution in [2.45, 2.75) is 33.4 Å². The van der Waals surface area contributed by atoms with E-state index >= 15 is 0 Å². The molecule has 0 aliphatic carbocycles. The third-order valence-corrected chi connectivity index (χ3v) is 4.72. The van der Waals surface area contributed by atoms with Gasteiger partial charge in [-0.1, -0.05) is 61.8 Å². The first-order valence-electron chi connectivity index (χ1n) is 9.11. The van der Waals surface area contributed by atoms with E-state index in [4.69, 9.17) is 16.3 Å². The van der Waals surface area contributed by atoms with Gasteiger partial charge in [-0.3, -0.25) is 0 Å². The van der Waals surface area contributed by atoms with E-state index in [-0.39, 0.29) is 0 Å². The molecular formula is C21H29ClN2O. The van der Waals surface area contributed by atoms with E-state index < -0.39 is 0 Å². The third kappa shape index (κ3) is 6.69. The van der Waals surface area contributed by atoms with Crippen LogP contribution < -0.4 is 10.1 Å². The van der Waals surface area contributed by atoms with Crippen LogP contribution in [0.2, 0.25) is 5.02 Å². The molecule has 0 radical (unpaired) electrons. The van der Waals surface area contributed by atoms with Gasteiger partial charge in [0.25, 0.3) is 0 Å². The normalized spacial score (nSPS) is 11.0. The van der Waals surface area contributed by atoms with Crippen molar-refractivity contribution in [2.75, 3.05) is 26.2 Å². The Hall–Kier alpha value is -1.55. The van der Waals surface area contributed by atoms with E-state index in [1.54, 1.807) is 0 Å². The number of nitrogens with zero attached hydrogens (tertiary/aromatic N) is 1. The van der Waals surface area contributed by atoms with Crippen molar-refractivity contribution in [3.05, 3.63) is 64.7 Å². The molecule has 136 valence electrons. The Morgan fingerprint density at radius 1 is 0.960 bits per heavy atom. The highest BCUT2D eigenvalue weighted by Gasteiger charge is 2.05. The minimum atomic E-state index is 0.485. The highest BCUT2D eigenvalue weighted by Crippen LogP contribution is 2.21. The third-order valence-electron chi connectivity index (χ3n) is 4.35. The van der Waals surface area contributed by atoms with Gasteiger partial charge < -0.3 is 15.0 Å². The molecule has 1 N–H and O–H groups in total. The van der Waals surface area contributed by atoms with Gasteiger partial charge in [0.05, 0.1) is 0 Å². The summed E-state index contributed by atoms with van der Waals surface area (Å²) in [7, 11) is 0. The smallest absolute Gasteiger partial charge is 0.124 e. The van der Waals surface area contributed by atoms with Gasteiger partial charge in [-0.05, 0) is 44.7 Å². The van der Waals surface area contributed by atoms with Gasteiger partial charge >= 0.3 is 0 Å². The van der Waals surface area contributed by atoms with E-state index in [2.05, 4.69) is 36.2 Å². The summed E-state index contributed by atoms with van der Waals surface area (Å²) in [6.45, 7) is 10.1. The summed E-state index contributed by atoms with van der Waals surface area (Å²) in [4.78, 5) is 2.45. The summed E-state index contributed by atoms with van der Waals surface area (Å²) in [5.41, 5.74) is 2.18. The molecule has 0 spiro atoms. The zero-order valence-electron chi connectivity index (χ0n) is 15.3. The monoisotopic (exact) mass is 360 g/mol. The molecule has 0 saturated carbocycles. The van der Waals surface area contributed by atoms with Crippen LogP contribution in [0.15, 0.2) is 48.5 Å². The van der Waals surface area contributed by atoms with Crippen LogP contribution in [0, 0.1) is 0 Å². The number of para-hydroxylation sites is 1. The highest BCUT2D eigenvalue weighted by molar-refractivity contribution is 6.31. The van der Waals surface area contributed by atoms with Crippen LogP contribution >= 0.6 is 11.6 Å². The number of benzene rings is 2. The molecule has 4 heteroatoms. The summed E-state index contributed by atoms with van der Waals surface area (Å²) in [5.74, 6) is 0.915. The summed E-state index contributed by atoms with van der Waals surface area (Å²) in [5, 5.41) is 4.27. The highest BCUT2D eigenvalue weighted by atomic mass is 35.5. The Bertz CT molecular complexity index is 629.